The van der Waals surface area contributed by atoms with E-state index in [4.69, 9.17) is 15.2 Å². The predicted molar refractivity (Wildman–Crippen MR) is 108 cm³/mol. The van der Waals surface area contributed by atoms with Crippen LogP contribution in [0, 0.1) is 0 Å². The molecule has 0 heterocycles. The van der Waals surface area contributed by atoms with Crippen molar-refractivity contribution in [2.45, 2.75) is 0 Å². The topological polar surface area (TPSA) is 93.5 Å². The molecule has 9 heteroatoms. The smallest absolute Gasteiger partial charge is 0.330 e. The molecule has 28 heavy (non-hydrogen) atoms. The van der Waals surface area contributed by atoms with Gasteiger partial charge in [-0.15, -0.1) is 0 Å². The Labute approximate surface area is 175 Å². The molecule has 1 N–H and O–H groups in total. The Balaban J connectivity index is -0.000000162. The Hall–Kier alpha value is -2.16. The first kappa shape index (κ1) is 33.4. The molecular weight excluding hydrogens is 386 g/mol. The van der Waals surface area contributed by atoms with Crippen molar-refractivity contribution in [3.8, 4) is 0 Å². The highest BCUT2D eigenvalue weighted by Crippen LogP contribution is 1.90. The molecule has 0 bridgehead atoms. The van der Waals surface area contributed by atoms with Gasteiger partial charge in [0, 0.05) is 12.2 Å². The molecule has 0 atom stereocenters. The van der Waals surface area contributed by atoms with Crippen molar-refractivity contribution < 1.29 is 45.2 Å². The van der Waals surface area contributed by atoms with Crippen molar-refractivity contribution in [2.75, 3.05) is 68.6 Å². The monoisotopic (exact) mass is 421 g/mol. The number of amides is 1. The van der Waals surface area contributed by atoms with Crippen LogP contribution in [0.1, 0.15) is 0 Å². The summed E-state index contributed by atoms with van der Waals surface area (Å²) >= 11 is 0. The molecule has 0 aromatic carbocycles. The third-order valence-electron chi connectivity index (χ3n) is 2.53. The summed E-state index contributed by atoms with van der Waals surface area (Å²) in [6.45, 7) is 12.2. The SMILES string of the molecule is C=CC(=O)OCC[N+](C)(C)C.C=CC(=O)OCC[N+](C)(C)C.C=CC([NH-])=O.[Cl-]. The van der Waals surface area contributed by atoms with Gasteiger partial charge >= 0.3 is 11.9 Å². The van der Waals surface area contributed by atoms with Gasteiger partial charge in [-0.05, 0) is 6.08 Å². The molecule has 164 valence electrons. The quantitative estimate of drug-likeness (QED) is 0.259. The Bertz CT molecular complexity index is 459. The van der Waals surface area contributed by atoms with Gasteiger partial charge in [0.1, 0.15) is 26.3 Å². The van der Waals surface area contributed by atoms with Gasteiger partial charge in [-0.25, -0.2) is 9.59 Å². The third-order valence-corrected chi connectivity index (χ3v) is 2.53. The number of nitrogens with zero attached hydrogens (tertiary/aromatic N) is 2. The molecular formula is C19H36ClN3O5. The molecule has 0 spiro atoms. The first-order valence-electron chi connectivity index (χ1n) is 8.25. The van der Waals surface area contributed by atoms with Gasteiger partial charge in [0.2, 0.25) is 0 Å². The average molecular weight is 422 g/mol. The summed E-state index contributed by atoms with van der Waals surface area (Å²) < 4.78 is 11.2. The molecule has 0 aliphatic carbocycles. The van der Waals surface area contributed by atoms with E-state index >= 15 is 0 Å². The molecule has 0 aromatic rings. The summed E-state index contributed by atoms with van der Waals surface area (Å²) in [7, 11) is 12.3. The zero-order valence-corrected chi connectivity index (χ0v) is 18.8. The van der Waals surface area contributed by atoms with Crippen molar-refractivity contribution >= 4 is 17.8 Å². The van der Waals surface area contributed by atoms with Crippen LogP contribution in [0.5, 0.6) is 0 Å². The van der Waals surface area contributed by atoms with Crippen molar-refractivity contribution in [3.05, 3.63) is 43.7 Å². The van der Waals surface area contributed by atoms with Gasteiger partial charge in [0.05, 0.1) is 48.2 Å². The number of hydrogen-bond donors (Lipinski definition) is 0. The summed E-state index contributed by atoms with van der Waals surface area (Å²) in [5.41, 5.74) is 6.07. The van der Waals surface area contributed by atoms with Gasteiger partial charge in [0.25, 0.3) is 0 Å². The lowest BCUT2D eigenvalue weighted by molar-refractivity contribution is -0.870. The van der Waals surface area contributed by atoms with Crippen LogP contribution < -0.4 is 12.4 Å². The second-order valence-corrected chi connectivity index (χ2v) is 7.34. The lowest BCUT2D eigenvalue weighted by Gasteiger charge is -2.23. The van der Waals surface area contributed by atoms with Crippen LogP contribution in [0.3, 0.4) is 0 Å². The number of carbonyl (C=O) groups is 3. The van der Waals surface area contributed by atoms with Gasteiger partial charge < -0.3 is 41.4 Å². The Morgan fingerprint density at radius 2 is 1.00 bits per heavy atom. The van der Waals surface area contributed by atoms with E-state index in [0.29, 0.717) is 13.2 Å². The molecule has 0 aromatic heterocycles. The van der Waals surface area contributed by atoms with E-state index in [1.54, 1.807) is 0 Å². The summed E-state index contributed by atoms with van der Waals surface area (Å²) in [4.78, 5) is 30.5. The lowest BCUT2D eigenvalue weighted by Crippen LogP contribution is -3.00. The molecule has 8 nitrogen and oxygen atoms in total. The minimum absolute atomic E-state index is 0. The Morgan fingerprint density at radius 1 is 0.750 bits per heavy atom. The van der Waals surface area contributed by atoms with E-state index < -0.39 is 5.91 Å². The summed E-state index contributed by atoms with van der Waals surface area (Å²) in [6, 6.07) is 0. The molecule has 0 unspecified atom stereocenters. The number of likely N-dealkylation sites (N-methyl/N-ethyl adjacent to an activating group) is 2. The second-order valence-electron chi connectivity index (χ2n) is 7.34. The standard InChI is InChI=1S/2C8H16NO2.C3H5NO.ClH/c2*1-5-8(10)11-7-6-9(2,3)4;1-2-3(4)5;/h2*5H,1,6-7H2,2-4H3;2H,1H2,(H2,4,5);1H/q2*+1;;/p-2. The molecule has 0 aliphatic heterocycles. The average Bonchev–Trinajstić information content (AvgIpc) is 2.53. The van der Waals surface area contributed by atoms with E-state index in [1.165, 1.54) is 12.2 Å². The number of nitrogens with one attached hydrogen (secondary N) is 1. The van der Waals surface area contributed by atoms with E-state index in [9.17, 15) is 14.4 Å². The highest BCUT2D eigenvalue weighted by atomic mass is 35.5. The maximum Gasteiger partial charge on any atom is 0.330 e. The first-order chi connectivity index (χ1) is 12.2. The molecule has 0 aliphatic rings. The van der Waals surface area contributed by atoms with Crippen molar-refractivity contribution in [1.82, 2.24) is 0 Å². The molecule has 0 radical (unpaired) electrons. The van der Waals surface area contributed by atoms with Crippen LogP contribution in [0.4, 0.5) is 0 Å². The van der Waals surface area contributed by atoms with Crippen LogP contribution in [0.15, 0.2) is 38.0 Å². The largest absolute Gasteiger partial charge is 1.00 e. The highest BCUT2D eigenvalue weighted by Gasteiger charge is 2.07. The number of ether oxygens (including phenoxy) is 2. The van der Waals surface area contributed by atoms with Crippen molar-refractivity contribution in [3.63, 3.8) is 0 Å². The van der Waals surface area contributed by atoms with E-state index in [2.05, 4.69) is 19.7 Å². The van der Waals surface area contributed by atoms with Crippen LogP contribution in [-0.2, 0) is 23.9 Å². The maximum absolute atomic E-state index is 10.6. The minimum Gasteiger partial charge on any atom is -1.00 e. The number of carbonyl (C=O) groups excluding carboxylic acids is 3. The Kier molecular flexibility index (Phi) is 21.7. The Morgan fingerprint density at radius 3 is 1.14 bits per heavy atom. The van der Waals surface area contributed by atoms with Crippen LogP contribution in [0.25, 0.3) is 5.73 Å². The number of quaternary nitrogens is 2. The predicted octanol–water partition coefficient (Wildman–Crippen LogP) is -1.40. The minimum atomic E-state index is -0.731. The number of halogens is 1. The van der Waals surface area contributed by atoms with Gasteiger partial charge in [0.15, 0.2) is 0 Å². The molecule has 1 amide bonds. The fourth-order valence-corrected chi connectivity index (χ4v) is 0.958. The maximum atomic E-state index is 10.6. The van der Waals surface area contributed by atoms with Crippen molar-refractivity contribution in [2.24, 2.45) is 0 Å². The molecule has 0 saturated carbocycles. The third kappa shape index (κ3) is 39.1. The van der Waals surface area contributed by atoms with Gasteiger partial charge in [-0.1, -0.05) is 19.7 Å². The highest BCUT2D eigenvalue weighted by molar-refractivity contribution is 5.93. The lowest BCUT2D eigenvalue weighted by atomic mass is 10.5. The number of rotatable bonds is 9. The van der Waals surface area contributed by atoms with Gasteiger partial charge in [-0.3, -0.25) is 0 Å². The molecule has 0 saturated heterocycles. The number of hydrogen-bond acceptors (Lipinski definition) is 5. The zero-order valence-electron chi connectivity index (χ0n) is 18.0. The second kappa shape index (κ2) is 18.2. The summed E-state index contributed by atoms with van der Waals surface area (Å²) in [6.07, 6.45) is 3.30. The van der Waals surface area contributed by atoms with E-state index in [0.717, 1.165) is 28.1 Å². The van der Waals surface area contributed by atoms with E-state index in [1.807, 2.05) is 42.3 Å². The van der Waals surface area contributed by atoms with Crippen molar-refractivity contribution in [1.29, 1.82) is 0 Å². The number of esters is 2. The summed E-state index contributed by atoms with van der Waals surface area (Å²) in [5, 5.41) is 0. The van der Waals surface area contributed by atoms with Crippen LogP contribution >= 0.6 is 0 Å². The normalized spacial score (nSPS) is 9.64. The first-order valence-corrected chi connectivity index (χ1v) is 8.25. The zero-order chi connectivity index (χ0) is 22.1. The van der Waals surface area contributed by atoms with Crippen LogP contribution in [0.2, 0.25) is 0 Å². The van der Waals surface area contributed by atoms with Gasteiger partial charge in [-0.2, -0.15) is 0 Å². The fourth-order valence-electron chi connectivity index (χ4n) is 0.958. The molecule has 0 fully saturated rings. The summed E-state index contributed by atoms with van der Waals surface area (Å²) in [5.74, 6) is -1.43. The molecule has 0 rings (SSSR count). The van der Waals surface area contributed by atoms with E-state index in [-0.39, 0.29) is 24.3 Å². The van der Waals surface area contributed by atoms with Crippen LogP contribution in [-0.4, -0.2) is 95.4 Å². The fraction of sp³-hybridized carbons (Fsp3) is 0.526.